The third-order valence-electron chi connectivity index (χ3n) is 4.64. The van der Waals surface area contributed by atoms with Crippen molar-refractivity contribution in [1.29, 1.82) is 5.26 Å². The minimum atomic E-state index is -0.275. The molecule has 1 saturated heterocycles. The average Bonchev–Trinajstić information content (AvgIpc) is 2.75. The largest absolute Gasteiger partial charge is 0.450 e. The van der Waals surface area contributed by atoms with Crippen molar-refractivity contribution in [2.24, 2.45) is 0 Å². The lowest BCUT2D eigenvalue weighted by molar-refractivity contribution is 0.0981. The summed E-state index contributed by atoms with van der Waals surface area (Å²) in [4.78, 5) is 30.3. The van der Waals surface area contributed by atoms with E-state index in [0.717, 1.165) is 12.8 Å². The molecule has 2 aromatic rings. The number of rotatable bonds is 5. The normalized spacial score (nSPS) is 14.0. The van der Waals surface area contributed by atoms with Gasteiger partial charge in [0.25, 0.3) is 5.91 Å². The monoisotopic (exact) mass is 393 g/mol. The Morgan fingerprint density at radius 1 is 1.28 bits per heavy atom. The molecule has 0 bridgehead atoms. The summed E-state index contributed by atoms with van der Waals surface area (Å²) in [6, 6.07) is 12.3. The van der Waals surface area contributed by atoms with Crippen LogP contribution < -0.4 is 10.6 Å². The number of nitriles is 1. The van der Waals surface area contributed by atoms with Crippen LogP contribution >= 0.6 is 0 Å². The molecule has 2 amide bonds. The number of nitrogens with zero attached hydrogens (tertiary/aromatic N) is 3. The fraction of sp³-hybridized carbons (Fsp3) is 0.333. The van der Waals surface area contributed by atoms with Crippen molar-refractivity contribution in [2.75, 3.05) is 30.3 Å². The lowest BCUT2D eigenvalue weighted by Crippen LogP contribution is -2.42. The zero-order valence-electron chi connectivity index (χ0n) is 16.2. The summed E-state index contributed by atoms with van der Waals surface area (Å²) < 4.78 is 5.03. The predicted molar refractivity (Wildman–Crippen MR) is 109 cm³/mol. The summed E-state index contributed by atoms with van der Waals surface area (Å²) in [5.41, 5.74) is 1.51. The molecule has 1 aliphatic rings. The van der Waals surface area contributed by atoms with Crippen LogP contribution in [-0.2, 0) is 4.74 Å². The molecule has 0 radical (unpaired) electrons. The number of piperidine rings is 1. The minimum absolute atomic E-state index is 0.166. The summed E-state index contributed by atoms with van der Waals surface area (Å²) in [7, 11) is 0. The Hall–Kier alpha value is -3.60. The molecule has 2 N–H and O–H groups in total. The summed E-state index contributed by atoms with van der Waals surface area (Å²) in [6.45, 7) is 3.40. The van der Waals surface area contributed by atoms with E-state index in [9.17, 15) is 9.59 Å². The van der Waals surface area contributed by atoms with Gasteiger partial charge in [0.1, 0.15) is 5.82 Å². The molecular weight excluding hydrogens is 370 g/mol. The molecule has 2 heterocycles. The van der Waals surface area contributed by atoms with Gasteiger partial charge in [0.2, 0.25) is 0 Å². The third-order valence-corrected chi connectivity index (χ3v) is 4.64. The van der Waals surface area contributed by atoms with Gasteiger partial charge in [-0.1, -0.05) is 6.07 Å². The zero-order valence-corrected chi connectivity index (χ0v) is 16.2. The molecule has 0 unspecified atom stereocenters. The number of carbonyl (C=O) groups excluding carboxylic acids is 2. The number of hydrogen-bond donors (Lipinski definition) is 2. The van der Waals surface area contributed by atoms with Crippen LogP contribution in [0, 0.1) is 11.3 Å². The SMILES string of the molecule is CCOC(=O)N1CCC(Nc2cc(C(=O)Nc3cccc(C#N)c3)ccn2)CC1. The Morgan fingerprint density at radius 3 is 2.79 bits per heavy atom. The van der Waals surface area contributed by atoms with Gasteiger partial charge in [0.05, 0.1) is 18.2 Å². The van der Waals surface area contributed by atoms with E-state index in [4.69, 9.17) is 10.00 Å². The second kappa shape index (κ2) is 9.55. The molecule has 1 aromatic carbocycles. The van der Waals surface area contributed by atoms with Crippen molar-refractivity contribution < 1.29 is 14.3 Å². The van der Waals surface area contributed by atoms with Gasteiger partial charge in [-0.15, -0.1) is 0 Å². The highest BCUT2D eigenvalue weighted by molar-refractivity contribution is 6.04. The van der Waals surface area contributed by atoms with Crippen molar-refractivity contribution in [3.63, 3.8) is 0 Å². The van der Waals surface area contributed by atoms with Gasteiger partial charge >= 0.3 is 6.09 Å². The van der Waals surface area contributed by atoms with Crippen LogP contribution in [0.5, 0.6) is 0 Å². The highest BCUT2D eigenvalue weighted by atomic mass is 16.6. The molecule has 29 heavy (non-hydrogen) atoms. The summed E-state index contributed by atoms with van der Waals surface area (Å²) in [5, 5.41) is 15.1. The topological polar surface area (TPSA) is 107 Å². The maximum Gasteiger partial charge on any atom is 0.409 e. The molecule has 1 aromatic heterocycles. The quantitative estimate of drug-likeness (QED) is 0.807. The van der Waals surface area contributed by atoms with Crippen molar-refractivity contribution in [3.8, 4) is 6.07 Å². The first-order chi connectivity index (χ1) is 14.1. The maximum absolute atomic E-state index is 12.5. The van der Waals surface area contributed by atoms with Crippen molar-refractivity contribution in [3.05, 3.63) is 53.7 Å². The van der Waals surface area contributed by atoms with E-state index in [2.05, 4.69) is 15.6 Å². The van der Waals surface area contributed by atoms with Crippen LogP contribution in [0.25, 0.3) is 0 Å². The Labute approximate surface area is 169 Å². The van der Waals surface area contributed by atoms with Gasteiger partial charge < -0.3 is 20.3 Å². The smallest absolute Gasteiger partial charge is 0.409 e. The van der Waals surface area contributed by atoms with Crippen molar-refractivity contribution >= 4 is 23.5 Å². The van der Waals surface area contributed by atoms with Crippen LogP contribution in [0.4, 0.5) is 16.3 Å². The number of hydrogen-bond acceptors (Lipinski definition) is 6. The Bertz CT molecular complexity index is 917. The molecule has 3 rings (SSSR count). The molecule has 0 atom stereocenters. The fourth-order valence-electron chi connectivity index (χ4n) is 3.15. The second-order valence-corrected chi connectivity index (χ2v) is 6.68. The van der Waals surface area contributed by atoms with Gasteiger partial charge in [-0.05, 0) is 50.1 Å². The molecule has 0 spiro atoms. The Morgan fingerprint density at radius 2 is 2.07 bits per heavy atom. The first-order valence-corrected chi connectivity index (χ1v) is 9.55. The fourth-order valence-corrected chi connectivity index (χ4v) is 3.15. The highest BCUT2D eigenvalue weighted by Gasteiger charge is 2.23. The number of aromatic nitrogens is 1. The van der Waals surface area contributed by atoms with Crippen molar-refractivity contribution in [2.45, 2.75) is 25.8 Å². The van der Waals surface area contributed by atoms with E-state index in [-0.39, 0.29) is 18.0 Å². The van der Waals surface area contributed by atoms with Gasteiger partial charge in [-0.2, -0.15) is 5.26 Å². The van der Waals surface area contributed by atoms with Crippen molar-refractivity contribution in [1.82, 2.24) is 9.88 Å². The number of anilines is 2. The lowest BCUT2D eigenvalue weighted by atomic mass is 10.1. The number of carbonyl (C=O) groups is 2. The van der Waals surface area contributed by atoms with Gasteiger partial charge in [-0.25, -0.2) is 9.78 Å². The minimum Gasteiger partial charge on any atom is -0.450 e. The number of benzene rings is 1. The standard InChI is InChI=1S/C21H23N5O3/c1-2-29-21(28)26-10-7-17(8-11-26)24-19-13-16(6-9-23-19)20(27)25-18-5-3-4-15(12-18)14-22/h3-6,9,12-13,17H,2,7-8,10-11H2,1H3,(H,23,24)(H,25,27). The number of ether oxygens (including phenoxy) is 1. The first-order valence-electron chi connectivity index (χ1n) is 9.55. The molecule has 0 saturated carbocycles. The highest BCUT2D eigenvalue weighted by Crippen LogP contribution is 2.18. The van der Waals surface area contributed by atoms with Crippen LogP contribution in [0.3, 0.4) is 0 Å². The predicted octanol–water partition coefficient (Wildman–Crippen LogP) is 3.24. The Kier molecular flexibility index (Phi) is 6.63. The van der Waals surface area contributed by atoms with E-state index in [1.165, 1.54) is 0 Å². The summed E-state index contributed by atoms with van der Waals surface area (Å²) in [5.74, 6) is 0.334. The molecule has 0 aliphatic carbocycles. The molecule has 1 aliphatic heterocycles. The summed E-state index contributed by atoms with van der Waals surface area (Å²) in [6.07, 6.45) is 2.86. The van der Waals surface area contributed by atoms with Gasteiger partial charge in [0.15, 0.2) is 0 Å². The number of likely N-dealkylation sites (tertiary alicyclic amines) is 1. The molecule has 8 heteroatoms. The zero-order chi connectivity index (χ0) is 20.6. The molecule has 1 fully saturated rings. The van der Waals surface area contributed by atoms with Crippen LogP contribution in [0.1, 0.15) is 35.7 Å². The molecule has 8 nitrogen and oxygen atoms in total. The van der Waals surface area contributed by atoms with Crippen LogP contribution in [0.15, 0.2) is 42.6 Å². The van der Waals surface area contributed by atoms with E-state index in [0.29, 0.717) is 42.3 Å². The number of amides is 2. The van der Waals surface area contributed by atoms with E-state index in [1.807, 2.05) is 6.07 Å². The Balaban J connectivity index is 1.58. The number of pyridine rings is 1. The molecular formula is C21H23N5O3. The lowest BCUT2D eigenvalue weighted by Gasteiger charge is -2.31. The average molecular weight is 393 g/mol. The maximum atomic E-state index is 12.5. The van der Waals surface area contributed by atoms with Crippen LogP contribution in [0.2, 0.25) is 0 Å². The number of nitrogens with one attached hydrogen (secondary N) is 2. The van der Waals surface area contributed by atoms with E-state index >= 15 is 0 Å². The summed E-state index contributed by atoms with van der Waals surface area (Å²) >= 11 is 0. The second-order valence-electron chi connectivity index (χ2n) is 6.68. The van der Waals surface area contributed by atoms with E-state index in [1.54, 1.807) is 54.4 Å². The van der Waals surface area contributed by atoms with E-state index < -0.39 is 0 Å². The third kappa shape index (κ3) is 5.45. The van der Waals surface area contributed by atoms with Crippen LogP contribution in [-0.4, -0.2) is 47.6 Å². The molecule has 150 valence electrons. The van der Waals surface area contributed by atoms with Gasteiger partial charge in [-0.3, -0.25) is 4.79 Å². The van der Waals surface area contributed by atoms with Gasteiger partial charge in [0, 0.05) is 36.6 Å². The first kappa shape index (κ1) is 20.1.